The summed E-state index contributed by atoms with van der Waals surface area (Å²) in [5.41, 5.74) is -0.710. The Morgan fingerprint density at radius 2 is 1.94 bits per heavy atom. The van der Waals surface area contributed by atoms with Gasteiger partial charge in [0.2, 0.25) is 0 Å². The fourth-order valence-corrected chi connectivity index (χ4v) is 3.13. The molecule has 0 aliphatic rings. The second-order valence-corrected chi connectivity index (χ2v) is 7.31. The highest BCUT2D eigenvalue weighted by atomic mass is 35.5. The highest BCUT2D eigenvalue weighted by Crippen LogP contribution is 2.35. The lowest BCUT2D eigenvalue weighted by atomic mass is 10.3. The number of nitrogens with zero attached hydrogens (tertiary/aromatic N) is 4. The van der Waals surface area contributed by atoms with E-state index in [2.05, 4.69) is 15.5 Å². The van der Waals surface area contributed by atoms with Crippen molar-refractivity contribution in [1.29, 1.82) is 0 Å². The lowest BCUT2D eigenvalue weighted by molar-refractivity contribution is -0.141. The molecular weight excluding hydrogens is 458 g/mol. The topological polar surface area (TPSA) is 74.0 Å². The molecular formula is C19H18Cl2F3N5O2. The van der Waals surface area contributed by atoms with E-state index in [0.29, 0.717) is 17.2 Å². The third-order valence-corrected chi connectivity index (χ3v) is 5.06. The van der Waals surface area contributed by atoms with Crippen molar-refractivity contribution in [2.75, 3.05) is 6.54 Å². The van der Waals surface area contributed by atoms with Crippen molar-refractivity contribution in [3.05, 3.63) is 63.7 Å². The minimum absolute atomic E-state index is 0.0673. The minimum Gasteiger partial charge on any atom is -0.470 e. The number of para-hydroxylation sites is 1. The smallest absolute Gasteiger partial charge is 0.436 e. The molecule has 0 unspecified atom stereocenters. The Morgan fingerprint density at radius 3 is 2.61 bits per heavy atom. The molecule has 1 amide bonds. The van der Waals surface area contributed by atoms with Gasteiger partial charge in [-0.05, 0) is 31.5 Å². The zero-order chi connectivity index (χ0) is 22.6. The predicted molar refractivity (Wildman–Crippen MR) is 108 cm³/mol. The SMILES string of the molecule is Cc1c(Cl)c(C(F)(F)F)nn1CCCNC(=O)c1ccn(COc2ccccc2Cl)n1. The first-order valence-electron chi connectivity index (χ1n) is 9.16. The van der Waals surface area contributed by atoms with Gasteiger partial charge in [0.05, 0.1) is 15.7 Å². The van der Waals surface area contributed by atoms with E-state index in [4.69, 9.17) is 27.9 Å². The van der Waals surface area contributed by atoms with Gasteiger partial charge in [-0.3, -0.25) is 9.48 Å². The van der Waals surface area contributed by atoms with Crippen LogP contribution < -0.4 is 10.1 Å². The molecule has 3 rings (SSSR count). The Morgan fingerprint density at radius 1 is 1.19 bits per heavy atom. The van der Waals surface area contributed by atoms with Gasteiger partial charge in [-0.25, -0.2) is 4.68 Å². The molecule has 1 aromatic carbocycles. The maximum atomic E-state index is 12.9. The lowest BCUT2D eigenvalue weighted by Crippen LogP contribution is -2.26. The largest absolute Gasteiger partial charge is 0.470 e. The fraction of sp³-hybridized carbons (Fsp3) is 0.316. The van der Waals surface area contributed by atoms with Crippen LogP contribution in [0.15, 0.2) is 36.5 Å². The van der Waals surface area contributed by atoms with Crippen molar-refractivity contribution in [3.63, 3.8) is 0 Å². The number of hydrogen-bond donors (Lipinski definition) is 1. The number of halogens is 5. The van der Waals surface area contributed by atoms with Gasteiger partial charge in [-0.1, -0.05) is 35.3 Å². The van der Waals surface area contributed by atoms with Crippen LogP contribution in [0.1, 0.15) is 28.3 Å². The molecule has 0 aliphatic heterocycles. The quantitative estimate of drug-likeness (QED) is 0.484. The van der Waals surface area contributed by atoms with Crippen LogP contribution in [0.5, 0.6) is 5.75 Å². The van der Waals surface area contributed by atoms with E-state index in [1.54, 1.807) is 30.5 Å². The number of carbonyl (C=O) groups is 1. The zero-order valence-electron chi connectivity index (χ0n) is 16.3. The molecule has 0 atom stereocenters. The first-order valence-corrected chi connectivity index (χ1v) is 9.91. The van der Waals surface area contributed by atoms with Gasteiger partial charge in [0.1, 0.15) is 11.4 Å². The summed E-state index contributed by atoms with van der Waals surface area (Å²) in [5, 5.41) is 10.4. The number of ether oxygens (including phenoxy) is 1. The third kappa shape index (κ3) is 5.71. The van der Waals surface area contributed by atoms with E-state index in [1.807, 2.05) is 0 Å². The molecule has 166 valence electrons. The highest BCUT2D eigenvalue weighted by Gasteiger charge is 2.38. The van der Waals surface area contributed by atoms with E-state index >= 15 is 0 Å². The van der Waals surface area contributed by atoms with Gasteiger partial charge in [-0.2, -0.15) is 23.4 Å². The van der Waals surface area contributed by atoms with Crippen LogP contribution in [0.2, 0.25) is 10.0 Å². The molecule has 0 bridgehead atoms. The Hall–Kier alpha value is -2.72. The third-order valence-electron chi connectivity index (χ3n) is 4.30. The fourth-order valence-electron chi connectivity index (χ4n) is 2.70. The van der Waals surface area contributed by atoms with Crippen LogP contribution in [-0.4, -0.2) is 32.0 Å². The van der Waals surface area contributed by atoms with Crippen molar-refractivity contribution >= 4 is 29.1 Å². The molecule has 0 fully saturated rings. The number of alkyl halides is 3. The Labute approximate surface area is 185 Å². The number of aromatic nitrogens is 4. The van der Waals surface area contributed by atoms with Crippen molar-refractivity contribution < 1.29 is 22.7 Å². The van der Waals surface area contributed by atoms with Crippen LogP contribution in [-0.2, 0) is 19.5 Å². The maximum Gasteiger partial charge on any atom is 0.436 e. The second kappa shape index (κ2) is 9.61. The molecule has 0 saturated carbocycles. The molecule has 2 aromatic heterocycles. The molecule has 31 heavy (non-hydrogen) atoms. The molecule has 2 heterocycles. The standard InChI is InChI=1S/C19H18Cl2F3N5O2/c1-12-16(21)17(19(22,23)24)27-29(12)9-4-8-25-18(30)14-7-10-28(26-14)11-31-15-6-3-2-5-13(15)20/h2-3,5-7,10H,4,8-9,11H2,1H3,(H,25,30). The zero-order valence-corrected chi connectivity index (χ0v) is 17.8. The first-order chi connectivity index (χ1) is 14.7. The predicted octanol–water partition coefficient (Wildman–Crippen LogP) is 4.57. The number of hydrogen-bond acceptors (Lipinski definition) is 4. The van der Waals surface area contributed by atoms with E-state index in [9.17, 15) is 18.0 Å². The van der Waals surface area contributed by atoms with E-state index < -0.39 is 22.8 Å². The average molecular weight is 476 g/mol. The van der Waals surface area contributed by atoms with Crippen LogP contribution >= 0.6 is 23.2 Å². The van der Waals surface area contributed by atoms with E-state index in [0.717, 1.165) is 0 Å². The van der Waals surface area contributed by atoms with Crippen LogP contribution in [0.25, 0.3) is 0 Å². The summed E-state index contributed by atoms with van der Waals surface area (Å²) in [6.45, 7) is 1.92. The molecule has 12 heteroatoms. The van der Waals surface area contributed by atoms with Gasteiger partial charge in [0.15, 0.2) is 12.4 Å². The van der Waals surface area contributed by atoms with Gasteiger partial charge in [0, 0.05) is 19.3 Å². The molecule has 7 nitrogen and oxygen atoms in total. The number of aryl methyl sites for hydroxylation is 1. The van der Waals surface area contributed by atoms with Gasteiger partial charge in [0.25, 0.3) is 5.91 Å². The van der Waals surface area contributed by atoms with Crippen molar-refractivity contribution in [3.8, 4) is 5.75 Å². The van der Waals surface area contributed by atoms with Gasteiger partial charge < -0.3 is 10.1 Å². The molecule has 0 aliphatic carbocycles. The highest BCUT2D eigenvalue weighted by molar-refractivity contribution is 6.32. The first kappa shape index (κ1) is 23.0. The Bertz CT molecular complexity index is 1070. The number of nitrogens with one attached hydrogen (secondary N) is 1. The summed E-state index contributed by atoms with van der Waals surface area (Å²) in [7, 11) is 0. The summed E-state index contributed by atoms with van der Waals surface area (Å²) < 4.78 is 46.7. The molecule has 0 spiro atoms. The maximum absolute atomic E-state index is 12.9. The minimum atomic E-state index is -4.62. The summed E-state index contributed by atoms with van der Waals surface area (Å²) in [6, 6.07) is 8.50. The van der Waals surface area contributed by atoms with Crippen LogP contribution in [0.3, 0.4) is 0 Å². The summed E-state index contributed by atoms with van der Waals surface area (Å²) >= 11 is 11.7. The normalized spacial score (nSPS) is 11.5. The van der Waals surface area contributed by atoms with E-state index in [-0.39, 0.29) is 31.2 Å². The van der Waals surface area contributed by atoms with Crippen molar-refractivity contribution in [2.24, 2.45) is 0 Å². The van der Waals surface area contributed by atoms with Crippen LogP contribution in [0, 0.1) is 6.92 Å². The second-order valence-electron chi connectivity index (χ2n) is 6.52. The summed E-state index contributed by atoms with van der Waals surface area (Å²) in [4.78, 5) is 12.2. The Kier molecular flexibility index (Phi) is 7.11. The molecule has 0 saturated heterocycles. The van der Waals surface area contributed by atoms with E-state index in [1.165, 1.54) is 22.4 Å². The lowest BCUT2D eigenvalue weighted by Gasteiger charge is -2.07. The molecule has 1 N–H and O–H groups in total. The number of carbonyl (C=O) groups excluding carboxylic acids is 1. The van der Waals surface area contributed by atoms with Gasteiger partial charge in [-0.15, -0.1) is 0 Å². The molecule has 3 aromatic rings. The van der Waals surface area contributed by atoms with Gasteiger partial charge >= 0.3 is 6.18 Å². The number of rotatable bonds is 8. The van der Waals surface area contributed by atoms with Crippen molar-refractivity contribution in [2.45, 2.75) is 32.8 Å². The van der Waals surface area contributed by atoms with Crippen LogP contribution in [0.4, 0.5) is 13.2 Å². The van der Waals surface area contributed by atoms with Crippen molar-refractivity contribution in [1.82, 2.24) is 24.9 Å². The monoisotopic (exact) mass is 475 g/mol. The summed E-state index contributed by atoms with van der Waals surface area (Å²) in [5.74, 6) is 0.0797. The number of amides is 1. The molecule has 0 radical (unpaired) electrons. The average Bonchev–Trinajstić information content (AvgIpc) is 3.30. The summed E-state index contributed by atoms with van der Waals surface area (Å²) in [6.07, 6.45) is -2.67. The Balaban J connectivity index is 1.47. The number of benzene rings is 1.